The van der Waals surface area contributed by atoms with Crippen molar-refractivity contribution in [2.45, 2.75) is 77.7 Å². The molecule has 4 fully saturated rings. The molecule has 7 atom stereocenters. The van der Waals surface area contributed by atoms with Crippen molar-refractivity contribution in [3.63, 3.8) is 0 Å². The number of hydrogen-bond acceptors (Lipinski definition) is 5. The van der Waals surface area contributed by atoms with Gasteiger partial charge in [0.05, 0.1) is 11.3 Å². The van der Waals surface area contributed by atoms with E-state index in [0.29, 0.717) is 49.0 Å². The normalized spacial score (nSPS) is 50.9. The number of oxime groups is 1. The van der Waals surface area contributed by atoms with Crippen LogP contribution in [0.3, 0.4) is 0 Å². The fraction of sp³-hybridized carbons (Fsp3) is 0.909. The summed E-state index contributed by atoms with van der Waals surface area (Å²) in [4.78, 5) is 17.9. The highest BCUT2D eigenvalue weighted by molar-refractivity contribution is 5.87. The van der Waals surface area contributed by atoms with Crippen molar-refractivity contribution in [3.05, 3.63) is 0 Å². The largest absolute Gasteiger partial charge is 0.395 e. The zero-order valence-corrected chi connectivity index (χ0v) is 17.2. The summed E-state index contributed by atoms with van der Waals surface area (Å²) < 4.78 is 0. The van der Waals surface area contributed by atoms with Crippen LogP contribution >= 0.6 is 0 Å². The number of aliphatic hydroxyl groups is 1. The third kappa shape index (κ3) is 2.71. The van der Waals surface area contributed by atoms with E-state index in [9.17, 15) is 9.90 Å². The predicted molar refractivity (Wildman–Crippen MR) is 105 cm³/mol. The van der Waals surface area contributed by atoms with E-state index in [4.69, 9.17) is 10.6 Å². The molecule has 152 valence electrons. The Hall–Kier alpha value is -0.940. The summed E-state index contributed by atoms with van der Waals surface area (Å²) in [5, 5.41) is 16.1. The Morgan fingerprint density at radius 1 is 1.22 bits per heavy atom. The number of ketones is 1. The summed E-state index contributed by atoms with van der Waals surface area (Å²) >= 11 is 0. The fourth-order valence-electron chi connectivity index (χ4n) is 7.54. The van der Waals surface area contributed by atoms with Gasteiger partial charge >= 0.3 is 0 Å². The molecule has 0 saturated heterocycles. The second-order valence-electron chi connectivity index (χ2n) is 10.3. The van der Waals surface area contributed by atoms with Crippen LogP contribution in [-0.4, -0.2) is 35.4 Å². The van der Waals surface area contributed by atoms with Crippen molar-refractivity contribution >= 4 is 11.5 Å². The molecule has 5 nitrogen and oxygen atoms in total. The first-order chi connectivity index (χ1) is 12.7. The van der Waals surface area contributed by atoms with Crippen molar-refractivity contribution in [1.82, 2.24) is 0 Å². The van der Waals surface area contributed by atoms with Crippen LogP contribution in [0.2, 0.25) is 0 Å². The van der Waals surface area contributed by atoms with Crippen LogP contribution < -0.4 is 5.73 Å². The van der Waals surface area contributed by atoms with Gasteiger partial charge in [-0.1, -0.05) is 25.9 Å². The number of rotatable bonds is 3. The highest BCUT2D eigenvalue weighted by Crippen LogP contribution is 2.67. The standard InChI is InChI=1S/C22H36N2O3/c1-14-12-22(26)13-15(24-27-11-10-23)6-9-21(22,3)17-7-8-20(2)16(19(14)17)4-5-18(20)25/h14,16-17,19,26H,4-13,23H2,1-3H3/b24-15-/t14-,16+,17+,19+,20+,21-,22-/m1/s1. The molecule has 4 saturated carbocycles. The molecule has 0 heterocycles. The van der Waals surface area contributed by atoms with Gasteiger partial charge < -0.3 is 15.7 Å². The maximum Gasteiger partial charge on any atom is 0.139 e. The SMILES string of the molecule is C[C@@H]1C[C@@]2(O)C/C(=N\OCCN)CC[C@]2(C)[C@H]2CC[C@]3(C)C(=O)CC[C@H]3[C@H]12. The van der Waals surface area contributed by atoms with Crippen LogP contribution in [0.15, 0.2) is 5.16 Å². The van der Waals surface area contributed by atoms with E-state index in [2.05, 4.69) is 25.9 Å². The summed E-state index contributed by atoms with van der Waals surface area (Å²) in [5.74, 6) is 2.49. The first-order valence-corrected chi connectivity index (χ1v) is 10.9. The molecular weight excluding hydrogens is 340 g/mol. The number of Topliss-reactive ketones (excluding diaryl/α,β-unsaturated/α-hetero) is 1. The van der Waals surface area contributed by atoms with Gasteiger partial charge in [-0.25, -0.2) is 0 Å². The van der Waals surface area contributed by atoms with Gasteiger partial charge in [-0.05, 0) is 62.2 Å². The lowest BCUT2D eigenvalue weighted by Crippen LogP contribution is -2.64. The van der Waals surface area contributed by atoms with Gasteiger partial charge in [-0.2, -0.15) is 0 Å². The van der Waals surface area contributed by atoms with Crippen LogP contribution in [0.4, 0.5) is 0 Å². The van der Waals surface area contributed by atoms with E-state index in [1.807, 2.05) is 0 Å². The van der Waals surface area contributed by atoms with E-state index < -0.39 is 5.60 Å². The molecule has 3 N–H and O–H groups in total. The maximum atomic E-state index is 12.6. The van der Waals surface area contributed by atoms with Gasteiger partial charge in [-0.3, -0.25) is 4.79 Å². The highest BCUT2D eigenvalue weighted by Gasteiger charge is 2.66. The van der Waals surface area contributed by atoms with Crippen molar-refractivity contribution in [3.8, 4) is 0 Å². The van der Waals surface area contributed by atoms with Gasteiger partial charge in [0.15, 0.2) is 0 Å². The number of fused-ring (bicyclic) bond motifs is 5. The molecule has 0 aromatic heterocycles. The summed E-state index contributed by atoms with van der Waals surface area (Å²) in [7, 11) is 0. The number of nitrogens with two attached hydrogens (primary N) is 1. The Labute approximate surface area is 163 Å². The van der Waals surface area contributed by atoms with Crippen LogP contribution in [-0.2, 0) is 9.63 Å². The molecular formula is C22H36N2O3. The zero-order valence-electron chi connectivity index (χ0n) is 17.2. The summed E-state index contributed by atoms with van der Waals surface area (Å²) in [6.07, 6.45) is 7.15. The maximum absolute atomic E-state index is 12.6. The van der Waals surface area contributed by atoms with Crippen molar-refractivity contribution in [2.75, 3.05) is 13.2 Å². The molecule has 4 aliphatic rings. The Kier molecular flexibility index (Phi) is 4.70. The molecule has 0 aromatic rings. The number of carbonyl (C=O) groups is 1. The smallest absolute Gasteiger partial charge is 0.139 e. The third-order valence-electron chi connectivity index (χ3n) is 9.07. The number of nitrogens with zero attached hydrogens (tertiary/aromatic N) is 1. The minimum absolute atomic E-state index is 0.0932. The molecule has 0 aromatic carbocycles. The molecule has 0 unspecified atom stereocenters. The molecule has 27 heavy (non-hydrogen) atoms. The monoisotopic (exact) mass is 376 g/mol. The van der Waals surface area contributed by atoms with Gasteiger partial charge in [0.25, 0.3) is 0 Å². The van der Waals surface area contributed by atoms with E-state index >= 15 is 0 Å². The Bertz CT molecular complexity index is 649. The molecule has 5 heteroatoms. The van der Waals surface area contributed by atoms with Gasteiger partial charge in [0.2, 0.25) is 0 Å². The average Bonchev–Trinajstić information content (AvgIpc) is 2.92. The second kappa shape index (κ2) is 6.55. The fourth-order valence-corrected chi connectivity index (χ4v) is 7.54. The Balaban J connectivity index is 1.62. The average molecular weight is 377 g/mol. The second-order valence-corrected chi connectivity index (χ2v) is 10.3. The van der Waals surface area contributed by atoms with Gasteiger partial charge in [0.1, 0.15) is 12.4 Å². The van der Waals surface area contributed by atoms with Crippen molar-refractivity contribution in [1.29, 1.82) is 0 Å². The molecule has 0 bridgehead atoms. The summed E-state index contributed by atoms with van der Waals surface area (Å²) in [6, 6.07) is 0. The lowest BCUT2D eigenvalue weighted by atomic mass is 9.41. The van der Waals surface area contributed by atoms with Gasteiger partial charge in [0, 0.05) is 30.2 Å². The number of hydrogen-bond donors (Lipinski definition) is 2. The molecule has 0 radical (unpaired) electrons. The Morgan fingerprint density at radius 2 is 2.00 bits per heavy atom. The summed E-state index contributed by atoms with van der Waals surface area (Å²) in [6.45, 7) is 7.72. The van der Waals surface area contributed by atoms with Crippen molar-refractivity contribution in [2.24, 2.45) is 45.4 Å². The lowest BCUT2D eigenvalue weighted by molar-refractivity contribution is -0.206. The minimum Gasteiger partial charge on any atom is -0.395 e. The zero-order chi connectivity index (χ0) is 19.4. The van der Waals surface area contributed by atoms with Crippen molar-refractivity contribution < 1.29 is 14.7 Å². The van der Waals surface area contributed by atoms with Crippen LogP contribution in [0.25, 0.3) is 0 Å². The first-order valence-electron chi connectivity index (χ1n) is 10.9. The topological polar surface area (TPSA) is 84.9 Å². The van der Waals surface area contributed by atoms with Gasteiger partial charge in [-0.15, -0.1) is 0 Å². The minimum atomic E-state index is -0.715. The highest BCUT2D eigenvalue weighted by atomic mass is 16.6. The lowest BCUT2D eigenvalue weighted by Gasteiger charge is -2.64. The third-order valence-corrected chi connectivity index (χ3v) is 9.07. The van der Waals surface area contributed by atoms with Crippen LogP contribution in [0, 0.1) is 34.5 Å². The van der Waals surface area contributed by atoms with E-state index in [1.54, 1.807) is 0 Å². The molecule has 4 aliphatic carbocycles. The quantitative estimate of drug-likeness (QED) is 0.585. The molecule has 4 rings (SSSR count). The van der Waals surface area contributed by atoms with E-state index in [0.717, 1.165) is 50.7 Å². The molecule has 0 aliphatic heterocycles. The molecule has 0 amide bonds. The summed E-state index contributed by atoms with van der Waals surface area (Å²) in [5.41, 5.74) is 5.54. The van der Waals surface area contributed by atoms with Crippen LogP contribution in [0.5, 0.6) is 0 Å². The predicted octanol–water partition coefficient (Wildman–Crippen LogP) is 3.29. The first kappa shape index (κ1) is 19.4. The number of carbonyl (C=O) groups excluding carboxylic acids is 1. The Morgan fingerprint density at radius 3 is 2.74 bits per heavy atom. The van der Waals surface area contributed by atoms with E-state index in [1.165, 1.54) is 0 Å². The molecule has 0 spiro atoms. The van der Waals surface area contributed by atoms with Crippen LogP contribution in [0.1, 0.15) is 72.1 Å². The van der Waals surface area contributed by atoms with E-state index in [-0.39, 0.29) is 10.8 Å².